The van der Waals surface area contributed by atoms with Gasteiger partial charge in [0.1, 0.15) is 0 Å². The van der Waals surface area contributed by atoms with E-state index in [9.17, 15) is 37.8 Å². The molecule has 0 aliphatic carbocycles. The van der Waals surface area contributed by atoms with Crippen molar-refractivity contribution in [2.24, 2.45) is 0 Å². The summed E-state index contributed by atoms with van der Waals surface area (Å²) < 4.78 is 61.8. The zero-order valence-electron chi connectivity index (χ0n) is 12.9. The molecule has 4 N–H and O–H groups in total. The Hall–Kier alpha value is 0.600. The van der Waals surface area contributed by atoms with E-state index in [1.54, 1.807) is 0 Å². The molecule has 0 amide bonds. The van der Waals surface area contributed by atoms with Crippen molar-refractivity contribution in [3.05, 3.63) is 0 Å². The third-order valence-corrected chi connectivity index (χ3v) is 8.82. The third kappa shape index (κ3) is 10.2. The monoisotopic (exact) mass is 420 g/mol. The number of hydrogen-bond donors (Lipinski definition) is 4. The van der Waals surface area contributed by atoms with Crippen LogP contribution in [0.5, 0.6) is 0 Å². The number of hydrogen-bond acceptors (Lipinski definition) is 8. The van der Waals surface area contributed by atoms with Gasteiger partial charge in [0, 0.05) is 0 Å². The van der Waals surface area contributed by atoms with Gasteiger partial charge in [0.05, 0.1) is 11.3 Å². The minimum Gasteiger partial charge on any atom is -0.324 e. The van der Waals surface area contributed by atoms with Crippen LogP contribution in [0.3, 0.4) is 0 Å². The van der Waals surface area contributed by atoms with E-state index in [2.05, 4.69) is 17.5 Å². The largest absolute Gasteiger partial charge is 0.490 e. The molecule has 16 heteroatoms. The molecule has 0 fully saturated rings. The summed E-state index contributed by atoms with van der Waals surface area (Å²) in [6.45, 7) is 6.33. The summed E-state index contributed by atoms with van der Waals surface area (Å²) in [4.78, 5) is 37.0. The van der Waals surface area contributed by atoms with Gasteiger partial charge in [0.25, 0.3) is 0 Å². The van der Waals surface area contributed by atoms with Gasteiger partial charge in [0.2, 0.25) is 0 Å². The topological polar surface area (TPSA) is 186 Å². The SMILES string of the molecule is CC(C)P(=O)(O)OP(=O)(O)OP(=O)(O)OP(=O)(O)OC(C)(C)C. The third-order valence-electron chi connectivity index (χ3n) is 1.67. The summed E-state index contributed by atoms with van der Waals surface area (Å²) in [5, 5.41) is 0. The molecule has 0 radical (unpaired) electrons. The van der Waals surface area contributed by atoms with Gasteiger partial charge in [-0.05, 0) is 20.8 Å². The highest BCUT2D eigenvalue weighted by Crippen LogP contribution is 2.72. The maximum Gasteiger partial charge on any atom is 0.490 e. The van der Waals surface area contributed by atoms with E-state index in [4.69, 9.17) is 0 Å². The van der Waals surface area contributed by atoms with Crippen molar-refractivity contribution in [2.75, 3.05) is 0 Å². The van der Waals surface area contributed by atoms with Crippen LogP contribution in [0.15, 0.2) is 0 Å². The summed E-state index contributed by atoms with van der Waals surface area (Å²) >= 11 is 0. The number of phosphoric ester groups is 1. The first-order chi connectivity index (χ1) is 9.77. The highest BCUT2D eigenvalue weighted by atomic mass is 31.3. The maximum absolute atomic E-state index is 11.5. The molecule has 0 aliphatic rings. The molecule has 4 unspecified atom stereocenters. The Kier molecular flexibility index (Phi) is 7.65. The van der Waals surface area contributed by atoms with Crippen LogP contribution in [0.2, 0.25) is 0 Å². The molecule has 4 atom stereocenters. The molecular weight excluding hydrogens is 400 g/mol. The van der Waals surface area contributed by atoms with E-state index in [-0.39, 0.29) is 0 Å². The Bertz CT molecular complexity index is 605. The molecule has 0 aliphatic heterocycles. The lowest BCUT2D eigenvalue weighted by molar-refractivity contribution is 0.0788. The first kappa shape index (κ1) is 23.6. The first-order valence-electron chi connectivity index (χ1n) is 5.93. The molecule has 140 valence electrons. The maximum atomic E-state index is 11.5. The van der Waals surface area contributed by atoms with E-state index < -0.39 is 42.3 Å². The minimum absolute atomic E-state index is 1.13. The fourth-order valence-electron chi connectivity index (χ4n) is 0.895. The normalized spacial score (nSPS) is 23.6. The van der Waals surface area contributed by atoms with Crippen LogP contribution in [0, 0.1) is 0 Å². The molecule has 0 rings (SSSR count). The molecule has 0 bridgehead atoms. The van der Waals surface area contributed by atoms with Crippen LogP contribution < -0.4 is 0 Å². The lowest BCUT2D eigenvalue weighted by Crippen LogP contribution is -2.17. The molecule has 0 aromatic rings. The van der Waals surface area contributed by atoms with Gasteiger partial charge >= 0.3 is 31.1 Å². The van der Waals surface area contributed by atoms with Gasteiger partial charge in [-0.25, -0.2) is 18.0 Å². The van der Waals surface area contributed by atoms with Crippen molar-refractivity contribution < 1.29 is 55.3 Å². The lowest BCUT2D eigenvalue weighted by atomic mass is 10.2. The van der Waals surface area contributed by atoms with Crippen LogP contribution in [0.1, 0.15) is 34.6 Å². The van der Waals surface area contributed by atoms with E-state index in [1.807, 2.05) is 0 Å². The minimum atomic E-state index is -5.65. The van der Waals surface area contributed by atoms with E-state index in [1.165, 1.54) is 34.6 Å². The summed E-state index contributed by atoms with van der Waals surface area (Å²) in [6, 6.07) is 0. The smallest absolute Gasteiger partial charge is 0.324 e. The molecule has 0 saturated carbocycles. The highest BCUT2D eigenvalue weighted by Gasteiger charge is 2.46. The molecule has 0 aromatic carbocycles. The van der Waals surface area contributed by atoms with E-state index >= 15 is 0 Å². The number of phosphoric acid groups is 3. The summed E-state index contributed by atoms with van der Waals surface area (Å²) in [5.41, 5.74) is -2.39. The average molecular weight is 420 g/mol. The van der Waals surface area contributed by atoms with Gasteiger partial charge < -0.3 is 19.6 Å². The van der Waals surface area contributed by atoms with Gasteiger partial charge in [-0.3, -0.25) is 9.09 Å². The van der Waals surface area contributed by atoms with Gasteiger partial charge in [0.15, 0.2) is 0 Å². The summed E-state index contributed by atoms with van der Waals surface area (Å²) in [7, 11) is -21.0. The van der Waals surface area contributed by atoms with E-state index in [0.717, 1.165) is 0 Å². The van der Waals surface area contributed by atoms with Gasteiger partial charge in [-0.1, -0.05) is 13.8 Å². The second kappa shape index (κ2) is 7.46. The van der Waals surface area contributed by atoms with Crippen molar-refractivity contribution in [3.8, 4) is 0 Å². The van der Waals surface area contributed by atoms with Crippen molar-refractivity contribution in [1.82, 2.24) is 0 Å². The molecule has 0 spiro atoms. The Balaban J connectivity index is 5.12. The molecule has 0 aromatic heterocycles. The van der Waals surface area contributed by atoms with Crippen LogP contribution in [-0.2, 0) is 35.7 Å². The first-order valence-corrected chi connectivity index (χ1v) is 12.1. The molecule has 23 heavy (non-hydrogen) atoms. The predicted octanol–water partition coefficient (Wildman–Crippen LogP) is 2.75. The van der Waals surface area contributed by atoms with Crippen LogP contribution in [0.25, 0.3) is 0 Å². The standard InChI is InChI=1S/C7H20O12P4/c1-6(2)20(8,9)17-22(12,13)19-23(14,15)18-21(10,11)16-7(3,4)5/h6H,1-5H3,(H,8,9)(H,10,11)(H,12,13)(H,14,15). The second-order valence-electron chi connectivity index (χ2n) is 5.51. The van der Waals surface area contributed by atoms with Gasteiger partial charge in [-0.2, -0.15) is 8.62 Å². The van der Waals surface area contributed by atoms with Gasteiger partial charge in [-0.15, -0.1) is 0 Å². The van der Waals surface area contributed by atoms with Crippen molar-refractivity contribution in [2.45, 2.75) is 45.9 Å². The quantitative estimate of drug-likeness (QED) is 0.421. The van der Waals surface area contributed by atoms with Crippen LogP contribution in [-0.4, -0.2) is 30.8 Å². The van der Waals surface area contributed by atoms with Crippen molar-refractivity contribution in [3.63, 3.8) is 0 Å². The zero-order valence-corrected chi connectivity index (χ0v) is 16.5. The number of rotatable bonds is 8. The Morgan fingerprint density at radius 1 is 0.739 bits per heavy atom. The van der Waals surface area contributed by atoms with Crippen molar-refractivity contribution >= 4 is 31.1 Å². The van der Waals surface area contributed by atoms with Crippen molar-refractivity contribution in [1.29, 1.82) is 0 Å². The Morgan fingerprint density at radius 2 is 1.09 bits per heavy atom. The average Bonchev–Trinajstić information content (AvgIpc) is 2.04. The molecule has 0 heterocycles. The second-order valence-corrected chi connectivity index (χ2v) is 12.6. The fourth-order valence-corrected chi connectivity index (χ4v) is 6.52. The Labute approximate surface area is 133 Å². The molecular formula is C7H20O12P4. The Morgan fingerprint density at radius 3 is 1.43 bits per heavy atom. The molecule has 0 saturated heterocycles. The summed E-state index contributed by atoms with van der Waals surface area (Å²) in [6.07, 6.45) is 0. The fraction of sp³-hybridized carbons (Fsp3) is 1.00. The summed E-state index contributed by atoms with van der Waals surface area (Å²) in [5.74, 6) is 0. The van der Waals surface area contributed by atoms with Crippen LogP contribution >= 0.6 is 31.1 Å². The highest BCUT2D eigenvalue weighted by molar-refractivity contribution is 7.70. The van der Waals surface area contributed by atoms with Crippen LogP contribution in [0.4, 0.5) is 0 Å². The predicted molar refractivity (Wildman–Crippen MR) is 78.5 cm³/mol. The molecule has 12 nitrogen and oxygen atoms in total. The lowest BCUT2D eigenvalue weighted by Gasteiger charge is -2.24. The zero-order chi connectivity index (χ0) is 18.9. The van der Waals surface area contributed by atoms with E-state index in [0.29, 0.717) is 0 Å².